The summed E-state index contributed by atoms with van der Waals surface area (Å²) in [5.74, 6) is 0.846. The van der Waals surface area contributed by atoms with E-state index in [2.05, 4.69) is 27.4 Å². The number of carbonyl (C=O) groups excluding carboxylic acids is 1. The molecular formula is C18H35IN6O2. The zero-order chi connectivity index (χ0) is 18.7. The predicted molar refractivity (Wildman–Crippen MR) is 118 cm³/mol. The van der Waals surface area contributed by atoms with Crippen molar-refractivity contribution in [3.63, 3.8) is 0 Å². The molecule has 4 aliphatic heterocycles. The SMILES string of the molecule is CCNC(=NCC1CN2CCN1CC2)NC1CN(C(=O)OC(C)(C)C)C1.I. The highest BCUT2D eigenvalue weighted by molar-refractivity contribution is 14.0. The fourth-order valence-electron chi connectivity index (χ4n) is 3.65. The zero-order valence-electron chi connectivity index (χ0n) is 17.0. The molecule has 1 unspecified atom stereocenters. The number of fused-ring (bicyclic) bond motifs is 3. The van der Waals surface area contributed by atoms with Gasteiger partial charge < -0.3 is 20.3 Å². The highest BCUT2D eigenvalue weighted by Crippen LogP contribution is 2.16. The number of amides is 1. The third-order valence-electron chi connectivity index (χ3n) is 5.07. The average molecular weight is 494 g/mol. The van der Waals surface area contributed by atoms with Crippen LogP contribution in [0.25, 0.3) is 0 Å². The van der Waals surface area contributed by atoms with E-state index in [-0.39, 0.29) is 36.1 Å². The quantitative estimate of drug-likeness (QED) is 0.342. The number of hydrogen-bond acceptors (Lipinski definition) is 5. The molecule has 4 fully saturated rings. The van der Waals surface area contributed by atoms with Crippen molar-refractivity contribution in [3.8, 4) is 0 Å². The van der Waals surface area contributed by atoms with Gasteiger partial charge in [-0.05, 0) is 27.7 Å². The molecule has 0 aliphatic carbocycles. The second-order valence-electron chi connectivity index (χ2n) is 8.44. The number of carbonyl (C=O) groups is 1. The predicted octanol–water partition coefficient (Wildman–Crippen LogP) is 0.779. The molecule has 2 bridgehead atoms. The van der Waals surface area contributed by atoms with Gasteiger partial charge in [-0.15, -0.1) is 24.0 Å². The van der Waals surface area contributed by atoms with Crippen molar-refractivity contribution in [2.75, 3.05) is 58.9 Å². The summed E-state index contributed by atoms with van der Waals surface area (Å²) >= 11 is 0. The Hall–Kier alpha value is -0.810. The van der Waals surface area contributed by atoms with Gasteiger partial charge >= 0.3 is 6.09 Å². The van der Waals surface area contributed by atoms with E-state index in [4.69, 9.17) is 9.73 Å². The van der Waals surface area contributed by atoms with Gasteiger partial charge in [0, 0.05) is 58.4 Å². The molecule has 0 spiro atoms. The third kappa shape index (κ3) is 6.35. The Kier molecular flexibility index (Phi) is 7.99. The van der Waals surface area contributed by atoms with Crippen LogP contribution in [-0.2, 0) is 4.74 Å². The zero-order valence-corrected chi connectivity index (χ0v) is 19.4. The monoisotopic (exact) mass is 494 g/mol. The lowest BCUT2D eigenvalue weighted by molar-refractivity contribution is 0.00694. The summed E-state index contributed by atoms with van der Waals surface area (Å²) in [7, 11) is 0. The number of hydrogen-bond donors (Lipinski definition) is 2. The molecule has 4 heterocycles. The number of nitrogens with zero attached hydrogens (tertiary/aromatic N) is 4. The maximum atomic E-state index is 12.0. The second kappa shape index (κ2) is 9.60. The van der Waals surface area contributed by atoms with E-state index in [0.29, 0.717) is 19.1 Å². The molecule has 0 radical (unpaired) electrons. The summed E-state index contributed by atoms with van der Waals surface area (Å²) < 4.78 is 5.40. The van der Waals surface area contributed by atoms with Gasteiger partial charge in [-0.1, -0.05) is 0 Å². The largest absolute Gasteiger partial charge is 0.444 e. The second-order valence-corrected chi connectivity index (χ2v) is 8.44. The minimum Gasteiger partial charge on any atom is -0.444 e. The van der Waals surface area contributed by atoms with Crippen molar-refractivity contribution in [1.29, 1.82) is 0 Å². The minimum absolute atomic E-state index is 0. The molecule has 0 aromatic carbocycles. The van der Waals surface area contributed by atoms with Crippen molar-refractivity contribution in [1.82, 2.24) is 25.3 Å². The molecule has 0 saturated carbocycles. The highest BCUT2D eigenvalue weighted by Gasteiger charge is 2.35. The van der Waals surface area contributed by atoms with E-state index < -0.39 is 5.60 Å². The fraction of sp³-hybridized carbons (Fsp3) is 0.889. The Bertz CT molecular complexity index is 524. The summed E-state index contributed by atoms with van der Waals surface area (Å²) in [6, 6.07) is 0.750. The van der Waals surface area contributed by atoms with E-state index in [1.54, 1.807) is 4.90 Å². The summed E-state index contributed by atoms with van der Waals surface area (Å²) in [5, 5.41) is 6.76. The van der Waals surface area contributed by atoms with Gasteiger partial charge in [0.15, 0.2) is 5.96 Å². The lowest BCUT2D eigenvalue weighted by Crippen LogP contribution is -2.63. The fourth-order valence-corrected chi connectivity index (χ4v) is 3.65. The van der Waals surface area contributed by atoms with Crippen LogP contribution in [0.15, 0.2) is 4.99 Å². The van der Waals surface area contributed by atoms with Gasteiger partial charge in [-0.2, -0.15) is 0 Å². The topological polar surface area (TPSA) is 72.4 Å². The van der Waals surface area contributed by atoms with Crippen molar-refractivity contribution < 1.29 is 9.53 Å². The number of rotatable bonds is 4. The number of guanidine groups is 1. The first-order valence-electron chi connectivity index (χ1n) is 9.83. The first-order chi connectivity index (χ1) is 12.3. The molecule has 2 N–H and O–H groups in total. The molecule has 0 aromatic rings. The van der Waals surface area contributed by atoms with E-state index in [9.17, 15) is 4.79 Å². The van der Waals surface area contributed by atoms with Gasteiger partial charge in [0.05, 0.1) is 12.6 Å². The van der Waals surface area contributed by atoms with Crippen molar-refractivity contribution >= 4 is 36.0 Å². The van der Waals surface area contributed by atoms with Crippen LogP contribution < -0.4 is 10.6 Å². The van der Waals surface area contributed by atoms with Crippen molar-refractivity contribution in [3.05, 3.63) is 0 Å². The third-order valence-corrected chi connectivity index (χ3v) is 5.07. The molecule has 9 heteroatoms. The Morgan fingerprint density at radius 2 is 1.81 bits per heavy atom. The van der Waals surface area contributed by atoms with Crippen molar-refractivity contribution in [2.24, 2.45) is 4.99 Å². The van der Waals surface area contributed by atoms with E-state index in [1.165, 1.54) is 13.1 Å². The number of aliphatic imine (C=N–C) groups is 1. The maximum Gasteiger partial charge on any atom is 0.410 e. The smallest absolute Gasteiger partial charge is 0.410 e. The lowest BCUT2D eigenvalue weighted by Gasteiger charge is -2.47. The van der Waals surface area contributed by atoms with Gasteiger partial charge in [0.25, 0.3) is 0 Å². The van der Waals surface area contributed by atoms with Crippen molar-refractivity contribution in [2.45, 2.75) is 45.4 Å². The number of ether oxygens (including phenoxy) is 1. The van der Waals surface area contributed by atoms with Crippen LogP contribution in [-0.4, -0.2) is 103 Å². The molecular weight excluding hydrogens is 459 g/mol. The Morgan fingerprint density at radius 3 is 2.33 bits per heavy atom. The summed E-state index contributed by atoms with van der Waals surface area (Å²) in [6.45, 7) is 16.5. The summed E-state index contributed by atoms with van der Waals surface area (Å²) in [5.41, 5.74) is -0.448. The maximum absolute atomic E-state index is 12.0. The highest BCUT2D eigenvalue weighted by atomic mass is 127. The number of likely N-dealkylation sites (tertiary alicyclic amines) is 1. The minimum atomic E-state index is -0.448. The molecule has 4 aliphatic rings. The van der Waals surface area contributed by atoms with E-state index >= 15 is 0 Å². The molecule has 27 heavy (non-hydrogen) atoms. The Balaban J connectivity index is 0.00000261. The summed E-state index contributed by atoms with van der Waals surface area (Å²) in [4.78, 5) is 23.6. The van der Waals surface area contributed by atoms with Gasteiger partial charge in [0.1, 0.15) is 5.60 Å². The van der Waals surface area contributed by atoms with Gasteiger partial charge in [-0.3, -0.25) is 14.8 Å². The van der Waals surface area contributed by atoms with Crippen LogP contribution in [0.5, 0.6) is 0 Å². The molecule has 8 nitrogen and oxygen atoms in total. The molecule has 1 amide bonds. The Labute approximate surface area is 180 Å². The number of nitrogens with one attached hydrogen (secondary N) is 2. The molecule has 1 atom stereocenters. The number of piperazine rings is 3. The summed E-state index contributed by atoms with van der Waals surface area (Å²) in [6.07, 6.45) is -0.238. The van der Waals surface area contributed by atoms with Crippen LogP contribution in [0.3, 0.4) is 0 Å². The average Bonchev–Trinajstić information content (AvgIpc) is 2.54. The molecule has 4 rings (SSSR count). The first kappa shape index (κ1) is 22.5. The van der Waals surface area contributed by atoms with Gasteiger partial charge in [-0.25, -0.2) is 4.79 Å². The van der Waals surface area contributed by atoms with Crippen LogP contribution in [0.2, 0.25) is 0 Å². The first-order valence-corrected chi connectivity index (χ1v) is 9.83. The van der Waals surface area contributed by atoms with E-state index in [1.807, 2.05) is 20.8 Å². The normalized spacial score (nSPS) is 28.2. The van der Waals surface area contributed by atoms with Crippen LogP contribution in [0, 0.1) is 0 Å². The number of halogens is 1. The Morgan fingerprint density at radius 1 is 1.15 bits per heavy atom. The standard InChI is InChI=1S/C18H34N6O2.HI/c1-5-19-16(20-10-15-13-22-6-8-23(15)9-7-22)21-14-11-24(12-14)17(25)26-18(2,3)4;/h14-15H,5-13H2,1-4H3,(H2,19,20,21);1H. The molecule has 4 saturated heterocycles. The van der Waals surface area contributed by atoms with Crippen LogP contribution >= 0.6 is 24.0 Å². The van der Waals surface area contributed by atoms with Gasteiger partial charge in [0.2, 0.25) is 0 Å². The lowest BCUT2D eigenvalue weighted by atomic mass is 10.1. The van der Waals surface area contributed by atoms with Crippen LogP contribution in [0.1, 0.15) is 27.7 Å². The van der Waals surface area contributed by atoms with Crippen LogP contribution in [0.4, 0.5) is 4.79 Å². The van der Waals surface area contributed by atoms with E-state index in [0.717, 1.165) is 38.7 Å². The molecule has 0 aromatic heterocycles. The molecule has 156 valence electrons.